The fourth-order valence-corrected chi connectivity index (χ4v) is 2.94. The van der Waals surface area contributed by atoms with Crippen LogP contribution in [0.3, 0.4) is 0 Å². The Morgan fingerprint density at radius 3 is 2.57 bits per heavy atom. The van der Waals surface area contributed by atoms with E-state index >= 15 is 0 Å². The van der Waals surface area contributed by atoms with Crippen LogP contribution >= 0.6 is 0 Å². The first kappa shape index (κ1) is 15.5. The molecule has 0 bridgehead atoms. The van der Waals surface area contributed by atoms with E-state index in [4.69, 9.17) is 0 Å². The molecule has 23 heavy (non-hydrogen) atoms. The summed E-state index contributed by atoms with van der Waals surface area (Å²) < 4.78 is 13.1. The normalized spacial score (nSPS) is 16.4. The van der Waals surface area contributed by atoms with Gasteiger partial charge in [0.1, 0.15) is 11.5 Å². The molecule has 122 valence electrons. The predicted molar refractivity (Wildman–Crippen MR) is 83.7 cm³/mol. The van der Waals surface area contributed by atoms with Gasteiger partial charge in [-0.2, -0.15) is 0 Å². The molecule has 3 N–H and O–H groups in total. The van der Waals surface area contributed by atoms with Crippen molar-refractivity contribution in [2.45, 2.75) is 18.9 Å². The summed E-state index contributed by atoms with van der Waals surface area (Å²) in [4.78, 5) is 30.3. The SMILES string of the molecule is O=C(NC[C@@H](c1ccc(F)cc1)N1CCCC1)c1c[nH]c(=O)[nH]1. The number of hydrogen-bond acceptors (Lipinski definition) is 3. The van der Waals surface area contributed by atoms with Gasteiger partial charge in [0.25, 0.3) is 5.91 Å². The van der Waals surface area contributed by atoms with Crippen LogP contribution in [0.15, 0.2) is 35.3 Å². The second-order valence-corrected chi connectivity index (χ2v) is 5.68. The third-order valence-electron chi connectivity index (χ3n) is 4.13. The standard InChI is InChI=1S/C16H19FN4O2/c17-12-5-3-11(4-6-12)14(21-7-1-2-8-21)10-18-15(22)13-9-19-16(23)20-13/h3-6,9,14H,1-2,7-8,10H2,(H,18,22)(H2,19,20,23)/t14-/m0/s1. The number of hydrogen-bond donors (Lipinski definition) is 3. The molecule has 1 fully saturated rings. The molecule has 0 unspecified atom stereocenters. The van der Waals surface area contributed by atoms with Crippen LogP contribution in [0.2, 0.25) is 0 Å². The molecular formula is C16H19FN4O2. The topological polar surface area (TPSA) is 81.0 Å². The van der Waals surface area contributed by atoms with Gasteiger partial charge in [-0.15, -0.1) is 0 Å². The van der Waals surface area contributed by atoms with Gasteiger partial charge in [0.15, 0.2) is 0 Å². The fraction of sp³-hybridized carbons (Fsp3) is 0.375. The number of nitrogens with zero attached hydrogens (tertiary/aromatic N) is 1. The second kappa shape index (κ2) is 6.78. The van der Waals surface area contributed by atoms with Crippen LogP contribution in [-0.4, -0.2) is 40.4 Å². The number of halogens is 1. The number of nitrogens with one attached hydrogen (secondary N) is 3. The van der Waals surface area contributed by atoms with E-state index in [1.807, 2.05) is 0 Å². The number of H-pyrrole nitrogens is 2. The average molecular weight is 318 g/mol. The molecule has 2 aromatic rings. The predicted octanol–water partition coefficient (Wildman–Crippen LogP) is 1.41. The van der Waals surface area contributed by atoms with E-state index in [2.05, 4.69) is 20.2 Å². The smallest absolute Gasteiger partial charge is 0.323 e. The number of imidazole rings is 1. The van der Waals surface area contributed by atoms with Crippen LogP contribution in [0.1, 0.15) is 34.9 Å². The zero-order valence-corrected chi connectivity index (χ0v) is 12.6. The lowest BCUT2D eigenvalue weighted by Crippen LogP contribution is -2.37. The van der Waals surface area contributed by atoms with Gasteiger partial charge in [0, 0.05) is 12.7 Å². The Labute approximate surface area is 132 Å². The number of aromatic amines is 2. The number of aromatic nitrogens is 2. The first-order valence-electron chi connectivity index (χ1n) is 7.69. The van der Waals surface area contributed by atoms with Crippen LogP contribution in [0.5, 0.6) is 0 Å². The Balaban J connectivity index is 1.72. The Bertz CT molecular complexity index is 716. The van der Waals surface area contributed by atoms with Crippen molar-refractivity contribution in [1.29, 1.82) is 0 Å². The van der Waals surface area contributed by atoms with E-state index in [-0.39, 0.29) is 23.5 Å². The molecule has 7 heteroatoms. The van der Waals surface area contributed by atoms with Crippen molar-refractivity contribution >= 4 is 5.91 Å². The number of benzene rings is 1. The summed E-state index contributed by atoms with van der Waals surface area (Å²) >= 11 is 0. The van der Waals surface area contributed by atoms with Crippen LogP contribution in [0.25, 0.3) is 0 Å². The number of carbonyl (C=O) groups excluding carboxylic acids is 1. The molecule has 1 saturated heterocycles. The summed E-state index contributed by atoms with van der Waals surface area (Å²) in [7, 11) is 0. The highest BCUT2D eigenvalue weighted by Crippen LogP contribution is 2.24. The van der Waals surface area contributed by atoms with Crippen LogP contribution in [0.4, 0.5) is 4.39 Å². The van der Waals surface area contributed by atoms with Crippen molar-refractivity contribution in [3.63, 3.8) is 0 Å². The number of carbonyl (C=O) groups is 1. The molecule has 3 rings (SSSR count). The zero-order chi connectivity index (χ0) is 16.2. The molecule has 6 nitrogen and oxygen atoms in total. The molecule has 1 amide bonds. The zero-order valence-electron chi connectivity index (χ0n) is 12.6. The van der Waals surface area contributed by atoms with E-state index in [1.54, 1.807) is 12.1 Å². The summed E-state index contributed by atoms with van der Waals surface area (Å²) in [6, 6.07) is 6.37. The van der Waals surface area contributed by atoms with Gasteiger partial charge in [-0.25, -0.2) is 9.18 Å². The fourth-order valence-electron chi connectivity index (χ4n) is 2.94. The number of rotatable bonds is 5. The second-order valence-electron chi connectivity index (χ2n) is 5.68. The van der Waals surface area contributed by atoms with E-state index in [9.17, 15) is 14.0 Å². The highest BCUT2D eigenvalue weighted by atomic mass is 19.1. The molecular weight excluding hydrogens is 299 g/mol. The van der Waals surface area contributed by atoms with Crippen molar-refractivity contribution < 1.29 is 9.18 Å². The first-order chi connectivity index (χ1) is 11.1. The van der Waals surface area contributed by atoms with Gasteiger partial charge in [0.05, 0.1) is 6.04 Å². The summed E-state index contributed by atoms with van der Waals surface area (Å²) in [6.45, 7) is 2.31. The maximum absolute atomic E-state index is 13.1. The highest BCUT2D eigenvalue weighted by Gasteiger charge is 2.24. The lowest BCUT2D eigenvalue weighted by Gasteiger charge is -2.28. The van der Waals surface area contributed by atoms with Crippen molar-refractivity contribution in [1.82, 2.24) is 20.2 Å². The summed E-state index contributed by atoms with van der Waals surface area (Å²) in [5.41, 5.74) is 0.759. The molecule has 1 atom stereocenters. The van der Waals surface area contributed by atoms with Gasteiger partial charge in [-0.05, 0) is 43.6 Å². The van der Waals surface area contributed by atoms with Crippen molar-refractivity contribution in [2.24, 2.45) is 0 Å². The molecule has 1 aromatic heterocycles. The minimum absolute atomic E-state index is 0.00675. The van der Waals surface area contributed by atoms with Crippen molar-refractivity contribution in [3.05, 3.63) is 58.0 Å². The number of amides is 1. The van der Waals surface area contributed by atoms with Gasteiger partial charge >= 0.3 is 5.69 Å². The summed E-state index contributed by atoms with van der Waals surface area (Å²) in [5.74, 6) is -0.613. The third kappa shape index (κ3) is 3.68. The molecule has 1 aliphatic rings. The Hall–Kier alpha value is -2.41. The van der Waals surface area contributed by atoms with Crippen LogP contribution in [0, 0.1) is 5.82 Å². The highest BCUT2D eigenvalue weighted by molar-refractivity contribution is 5.91. The largest absolute Gasteiger partial charge is 0.349 e. The first-order valence-corrected chi connectivity index (χ1v) is 7.69. The Kier molecular flexibility index (Phi) is 4.57. The van der Waals surface area contributed by atoms with Crippen molar-refractivity contribution in [3.8, 4) is 0 Å². The Morgan fingerprint density at radius 2 is 1.96 bits per heavy atom. The third-order valence-corrected chi connectivity index (χ3v) is 4.13. The minimum Gasteiger partial charge on any atom is -0.349 e. The molecule has 0 aliphatic carbocycles. The minimum atomic E-state index is -0.412. The maximum atomic E-state index is 13.1. The van der Waals surface area contributed by atoms with E-state index in [1.165, 1.54) is 18.3 Å². The van der Waals surface area contributed by atoms with E-state index in [0.29, 0.717) is 6.54 Å². The van der Waals surface area contributed by atoms with Gasteiger partial charge in [-0.1, -0.05) is 12.1 Å². The van der Waals surface area contributed by atoms with Gasteiger partial charge < -0.3 is 15.3 Å². The molecule has 0 radical (unpaired) electrons. The molecule has 1 aliphatic heterocycles. The number of likely N-dealkylation sites (tertiary alicyclic amines) is 1. The molecule has 0 saturated carbocycles. The lowest BCUT2D eigenvalue weighted by atomic mass is 10.1. The van der Waals surface area contributed by atoms with E-state index in [0.717, 1.165) is 31.5 Å². The summed E-state index contributed by atoms with van der Waals surface area (Å²) in [5, 5.41) is 2.84. The lowest BCUT2D eigenvalue weighted by molar-refractivity contribution is 0.0933. The molecule has 1 aromatic carbocycles. The quantitative estimate of drug-likeness (QED) is 0.780. The molecule has 2 heterocycles. The monoisotopic (exact) mass is 318 g/mol. The maximum Gasteiger partial charge on any atom is 0.323 e. The van der Waals surface area contributed by atoms with Gasteiger partial charge in [0.2, 0.25) is 0 Å². The van der Waals surface area contributed by atoms with E-state index < -0.39 is 5.69 Å². The average Bonchev–Trinajstić information content (AvgIpc) is 3.21. The van der Waals surface area contributed by atoms with Gasteiger partial charge in [-0.3, -0.25) is 9.69 Å². The Morgan fingerprint density at radius 1 is 1.26 bits per heavy atom. The molecule has 0 spiro atoms. The van der Waals surface area contributed by atoms with Crippen molar-refractivity contribution in [2.75, 3.05) is 19.6 Å². The van der Waals surface area contributed by atoms with Crippen LogP contribution < -0.4 is 11.0 Å². The van der Waals surface area contributed by atoms with Crippen LogP contribution in [-0.2, 0) is 0 Å². The summed E-state index contributed by atoms with van der Waals surface area (Å²) in [6.07, 6.45) is 3.59.